The maximum Gasteiger partial charge on any atom is 0.258 e. The zero-order chi connectivity index (χ0) is 24.5. The minimum Gasteiger partial charge on any atom is -0.497 e. The molecular formula is C24H26N4O5S. The van der Waals surface area contributed by atoms with Crippen LogP contribution >= 0.6 is 0 Å². The first kappa shape index (κ1) is 23.7. The Morgan fingerprint density at radius 3 is 2.41 bits per heavy atom. The van der Waals surface area contributed by atoms with E-state index in [1.807, 2.05) is 54.6 Å². The van der Waals surface area contributed by atoms with Crippen LogP contribution in [-0.4, -0.2) is 55.2 Å². The molecule has 9 nitrogen and oxygen atoms in total. The summed E-state index contributed by atoms with van der Waals surface area (Å²) in [5.41, 5.74) is 2.79. The summed E-state index contributed by atoms with van der Waals surface area (Å²) in [5, 5.41) is 9.71. The summed E-state index contributed by atoms with van der Waals surface area (Å²) >= 11 is 0. The van der Waals surface area contributed by atoms with Crippen molar-refractivity contribution in [2.45, 2.75) is 31.2 Å². The van der Waals surface area contributed by atoms with Crippen molar-refractivity contribution in [3.63, 3.8) is 0 Å². The summed E-state index contributed by atoms with van der Waals surface area (Å²) in [5.74, 6) is 0.442. The van der Waals surface area contributed by atoms with E-state index in [0.29, 0.717) is 12.2 Å². The summed E-state index contributed by atoms with van der Waals surface area (Å²) in [6.45, 7) is 2.69. The van der Waals surface area contributed by atoms with E-state index in [1.165, 1.54) is 19.0 Å². The van der Waals surface area contributed by atoms with Crippen LogP contribution in [-0.2, 0) is 14.8 Å². The Kier molecular flexibility index (Phi) is 6.54. The van der Waals surface area contributed by atoms with E-state index in [1.54, 1.807) is 14.0 Å². The number of hydrazone groups is 1. The number of sulfonamides is 1. The fourth-order valence-corrected chi connectivity index (χ4v) is 5.38. The van der Waals surface area contributed by atoms with E-state index in [0.717, 1.165) is 21.1 Å². The van der Waals surface area contributed by atoms with Crippen LogP contribution in [0, 0.1) is 13.8 Å². The van der Waals surface area contributed by atoms with E-state index in [-0.39, 0.29) is 28.9 Å². The maximum absolute atomic E-state index is 13.4. The molecule has 1 aliphatic heterocycles. The first-order chi connectivity index (χ1) is 16.2. The van der Waals surface area contributed by atoms with Crippen molar-refractivity contribution in [3.05, 3.63) is 77.2 Å². The van der Waals surface area contributed by atoms with Crippen LogP contribution in [0.3, 0.4) is 0 Å². The van der Waals surface area contributed by atoms with E-state index in [9.17, 15) is 13.2 Å². The summed E-state index contributed by atoms with van der Waals surface area (Å²) in [6, 6.07) is 16.7. The van der Waals surface area contributed by atoms with E-state index >= 15 is 0 Å². The third-order valence-corrected chi connectivity index (χ3v) is 7.82. The van der Waals surface area contributed by atoms with Crippen molar-refractivity contribution in [3.8, 4) is 5.75 Å². The highest BCUT2D eigenvalue weighted by Crippen LogP contribution is 2.34. The SMILES string of the molecule is COc1ccc(C2CC(c3ccccc3)=NN2C(=O)CN(C)S(=O)(=O)c2c(C)noc2C)cc1. The van der Waals surface area contributed by atoms with Crippen LogP contribution in [0.5, 0.6) is 5.75 Å². The molecule has 1 unspecified atom stereocenters. The minimum atomic E-state index is -3.97. The van der Waals surface area contributed by atoms with Gasteiger partial charge in [0.2, 0.25) is 10.0 Å². The van der Waals surface area contributed by atoms with Crippen LogP contribution in [0.15, 0.2) is 69.1 Å². The Morgan fingerprint density at radius 2 is 1.82 bits per heavy atom. The molecule has 0 spiro atoms. The van der Waals surface area contributed by atoms with Gasteiger partial charge in [0.15, 0.2) is 5.76 Å². The molecule has 0 saturated heterocycles. The number of methoxy groups -OCH3 is 1. The molecule has 2 heterocycles. The fraction of sp³-hybridized carbons (Fsp3) is 0.292. The summed E-state index contributed by atoms with van der Waals surface area (Å²) in [6.07, 6.45) is 0.502. The minimum absolute atomic E-state index is 0.0237. The zero-order valence-electron chi connectivity index (χ0n) is 19.4. The molecule has 0 bridgehead atoms. The quantitative estimate of drug-likeness (QED) is 0.512. The molecule has 1 atom stereocenters. The smallest absolute Gasteiger partial charge is 0.258 e. The van der Waals surface area contributed by atoms with Crippen LogP contribution in [0.25, 0.3) is 0 Å². The third kappa shape index (κ3) is 4.46. The highest BCUT2D eigenvalue weighted by Gasteiger charge is 2.36. The Hall–Kier alpha value is -3.50. The molecule has 34 heavy (non-hydrogen) atoms. The molecule has 0 saturated carbocycles. The summed E-state index contributed by atoms with van der Waals surface area (Å²) in [7, 11) is -1.02. The van der Waals surface area contributed by atoms with Gasteiger partial charge in [-0.2, -0.15) is 9.41 Å². The van der Waals surface area contributed by atoms with Crippen LogP contribution in [0.4, 0.5) is 0 Å². The molecule has 0 fully saturated rings. The van der Waals surface area contributed by atoms with Crippen molar-refractivity contribution in [2.24, 2.45) is 5.10 Å². The van der Waals surface area contributed by atoms with Gasteiger partial charge in [0.1, 0.15) is 16.3 Å². The molecular weight excluding hydrogens is 456 g/mol. The van der Waals surface area contributed by atoms with Crippen molar-refractivity contribution in [1.29, 1.82) is 0 Å². The van der Waals surface area contributed by atoms with E-state index in [2.05, 4.69) is 10.3 Å². The van der Waals surface area contributed by atoms with Crippen LogP contribution in [0.1, 0.15) is 35.0 Å². The lowest BCUT2D eigenvalue weighted by molar-refractivity contribution is -0.133. The van der Waals surface area contributed by atoms with Crippen LogP contribution < -0.4 is 4.74 Å². The van der Waals surface area contributed by atoms with E-state index < -0.39 is 15.9 Å². The number of likely N-dealkylation sites (N-methyl/N-ethyl adjacent to an activating group) is 1. The molecule has 1 amide bonds. The average Bonchev–Trinajstić information content (AvgIpc) is 3.43. The fourth-order valence-electron chi connectivity index (χ4n) is 3.98. The number of benzene rings is 2. The van der Waals surface area contributed by atoms with Crippen molar-refractivity contribution >= 4 is 21.6 Å². The Bertz CT molecular complexity index is 1300. The predicted octanol–water partition coefficient (Wildman–Crippen LogP) is 3.30. The number of hydrogen-bond donors (Lipinski definition) is 0. The number of carbonyl (C=O) groups excluding carboxylic acids is 1. The molecule has 0 N–H and O–H groups in total. The molecule has 0 radical (unpaired) electrons. The lowest BCUT2D eigenvalue weighted by atomic mass is 9.98. The van der Waals surface area contributed by atoms with Gasteiger partial charge in [0.05, 0.1) is 25.4 Å². The Labute approximate surface area is 198 Å². The zero-order valence-corrected chi connectivity index (χ0v) is 20.2. The van der Waals surface area contributed by atoms with Gasteiger partial charge in [-0.15, -0.1) is 0 Å². The molecule has 178 valence electrons. The second kappa shape index (κ2) is 9.40. The van der Waals surface area contributed by atoms with Gasteiger partial charge in [-0.1, -0.05) is 47.6 Å². The van der Waals surface area contributed by atoms with Gasteiger partial charge in [-0.05, 0) is 37.1 Å². The lowest BCUT2D eigenvalue weighted by Crippen LogP contribution is -2.39. The van der Waals surface area contributed by atoms with Gasteiger partial charge < -0.3 is 9.26 Å². The number of aromatic nitrogens is 1. The highest BCUT2D eigenvalue weighted by atomic mass is 32.2. The molecule has 10 heteroatoms. The number of carbonyl (C=O) groups is 1. The van der Waals surface area contributed by atoms with Crippen molar-refractivity contribution < 1.29 is 22.5 Å². The third-order valence-electron chi connectivity index (χ3n) is 5.77. The molecule has 4 rings (SSSR count). The molecule has 1 aromatic heterocycles. The van der Waals surface area contributed by atoms with Gasteiger partial charge in [-0.3, -0.25) is 4.79 Å². The molecule has 2 aromatic carbocycles. The number of amides is 1. The normalized spacial score (nSPS) is 16.1. The van der Waals surface area contributed by atoms with Gasteiger partial charge in [-0.25, -0.2) is 13.4 Å². The molecule has 3 aromatic rings. The lowest BCUT2D eigenvalue weighted by Gasteiger charge is -2.24. The topological polar surface area (TPSA) is 105 Å². The Balaban J connectivity index is 1.63. The molecule has 1 aliphatic rings. The summed E-state index contributed by atoms with van der Waals surface area (Å²) in [4.78, 5) is 13.4. The number of rotatable bonds is 7. The van der Waals surface area contributed by atoms with E-state index in [4.69, 9.17) is 9.26 Å². The number of hydrogen-bond acceptors (Lipinski definition) is 7. The number of aryl methyl sites for hydroxylation is 2. The number of nitrogens with zero attached hydrogens (tertiary/aromatic N) is 4. The second-order valence-electron chi connectivity index (χ2n) is 8.06. The maximum atomic E-state index is 13.4. The molecule has 0 aliphatic carbocycles. The monoisotopic (exact) mass is 482 g/mol. The average molecular weight is 483 g/mol. The Morgan fingerprint density at radius 1 is 1.15 bits per heavy atom. The predicted molar refractivity (Wildman–Crippen MR) is 126 cm³/mol. The van der Waals surface area contributed by atoms with Gasteiger partial charge in [0.25, 0.3) is 5.91 Å². The van der Waals surface area contributed by atoms with Gasteiger partial charge in [0, 0.05) is 13.5 Å². The standard InChI is InChI=1S/C24H26N4O5S/c1-16-24(17(2)33-26-16)34(30,31)27(3)15-23(29)28-22(19-10-12-20(32-4)13-11-19)14-21(25-28)18-8-6-5-7-9-18/h5-13,22H,14-15H2,1-4H3. The summed E-state index contributed by atoms with van der Waals surface area (Å²) < 4.78 is 37.5. The van der Waals surface area contributed by atoms with Crippen molar-refractivity contribution in [2.75, 3.05) is 20.7 Å². The number of ether oxygens (including phenoxy) is 1. The van der Waals surface area contributed by atoms with Crippen LogP contribution in [0.2, 0.25) is 0 Å². The highest BCUT2D eigenvalue weighted by molar-refractivity contribution is 7.89. The first-order valence-electron chi connectivity index (χ1n) is 10.7. The van der Waals surface area contributed by atoms with Crippen molar-refractivity contribution in [1.82, 2.24) is 14.5 Å². The largest absolute Gasteiger partial charge is 0.497 e. The first-order valence-corrected chi connectivity index (χ1v) is 12.1. The van der Waals surface area contributed by atoms with Gasteiger partial charge >= 0.3 is 0 Å². The second-order valence-corrected chi connectivity index (χ2v) is 10.0.